The van der Waals surface area contributed by atoms with Crippen LogP contribution < -0.4 is 9.47 Å². The van der Waals surface area contributed by atoms with Gasteiger partial charge >= 0.3 is 11.9 Å². The number of ether oxygens (including phenoxy) is 2. The number of hydrogen-bond donors (Lipinski definition) is 2. The molecule has 0 spiro atoms. The van der Waals surface area contributed by atoms with E-state index < -0.39 is 22.9 Å². The Balaban J connectivity index is 2.61. The molecule has 27 heavy (non-hydrogen) atoms. The number of carboxylic acids is 2. The summed E-state index contributed by atoms with van der Waals surface area (Å²) in [6, 6.07) is 13.9. The lowest BCUT2D eigenvalue weighted by molar-refractivity contribution is -0.150. The maximum atomic E-state index is 12.4. The molecule has 0 saturated heterocycles. The molecule has 142 valence electrons. The Hall–Kier alpha value is -3.28. The second kappa shape index (κ2) is 8.40. The SMILES string of the molecule is C=C(C(=O)O)C(Cc1ccccc1OC)(Cc1ccccc1OC)C(=O)O. The van der Waals surface area contributed by atoms with Crippen molar-refractivity contribution in [1.29, 1.82) is 0 Å². The van der Waals surface area contributed by atoms with E-state index in [1.54, 1.807) is 48.5 Å². The van der Waals surface area contributed by atoms with Crippen LogP contribution in [0.1, 0.15) is 11.1 Å². The molecular weight excluding hydrogens is 348 g/mol. The van der Waals surface area contributed by atoms with Crippen LogP contribution in [0.2, 0.25) is 0 Å². The van der Waals surface area contributed by atoms with E-state index in [1.165, 1.54) is 14.2 Å². The normalized spacial score (nSPS) is 10.9. The Kier molecular flexibility index (Phi) is 6.23. The molecule has 2 rings (SSSR count). The average Bonchev–Trinajstić information content (AvgIpc) is 2.67. The van der Waals surface area contributed by atoms with Crippen LogP contribution in [0.5, 0.6) is 11.5 Å². The van der Waals surface area contributed by atoms with E-state index in [1.807, 2.05) is 0 Å². The summed E-state index contributed by atoms with van der Waals surface area (Å²) in [7, 11) is 2.96. The van der Waals surface area contributed by atoms with Crippen molar-refractivity contribution in [3.8, 4) is 11.5 Å². The second-order valence-electron chi connectivity index (χ2n) is 6.15. The lowest BCUT2D eigenvalue weighted by atomic mass is 9.71. The summed E-state index contributed by atoms with van der Waals surface area (Å²) in [5.74, 6) is -1.66. The van der Waals surface area contributed by atoms with Crippen molar-refractivity contribution in [2.45, 2.75) is 12.8 Å². The first-order chi connectivity index (χ1) is 12.9. The van der Waals surface area contributed by atoms with Crippen LogP contribution in [-0.4, -0.2) is 36.4 Å². The number of para-hydroxylation sites is 2. The molecule has 2 aromatic rings. The fraction of sp³-hybridized carbons (Fsp3) is 0.238. The van der Waals surface area contributed by atoms with Gasteiger partial charge in [0.25, 0.3) is 0 Å². The highest BCUT2D eigenvalue weighted by Crippen LogP contribution is 2.39. The van der Waals surface area contributed by atoms with Gasteiger partial charge in [-0.3, -0.25) is 4.79 Å². The third-order valence-corrected chi connectivity index (χ3v) is 4.61. The summed E-state index contributed by atoms with van der Waals surface area (Å²) >= 11 is 0. The van der Waals surface area contributed by atoms with Crippen molar-refractivity contribution in [2.24, 2.45) is 5.41 Å². The van der Waals surface area contributed by atoms with Gasteiger partial charge in [0.1, 0.15) is 16.9 Å². The molecule has 0 unspecified atom stereocenters. The Labute approximate surface area is 157 Å². The molecule has 6 nitrogen and oxygen atoms in total. The van der Waals surface area contributed by atoms with Gasteiger partial charge in [-0.1, -0.05) is 43.0 Å². The van der Waals surface area contributed by atoms with Crippen LogP contribution in [0.3, 0.4) is 0 Å². The molecule has 0 fully saturated rings. The molecule has 0 bridgehead atoms. The third-order valence-electron chi connectivity index (χ3n) is 4.61. The zero-order valence-electron chi connectivity index (χ0n) is 15.3. The van der Waals surface area contributed by atoms with Gasteiger partial charge < -0.3 is 19.7 Å². The van der Waals surface area contributed by atoms with Crippen molar-refractivity contribution in [3.63, 3.8) is 0 Å². The Morgan fingerprint density at radius 2 is 1.30 bits per heavy atom. The van der Waals surface area contributed by atoms with Crippen LogP contribution in [-0.2, 0) is 22.4 Å². The highest BCUT2D eigenvalue weighted by atomic mass is 16.5. The quantitative estimate of drug-likeness (QED) is 0.659. The fourth-order valence-corrected chi connectivity index (χ4v) is 3.11. The van der Waals surface area contributed by atoms with Gasteiger partial charge in [-0.15, -0.1) is 0 Å². The van der Waals surface area contributed by atoms with Crippen molar-refractivity contribution < 1.29 is 29.3 Å². The minimum Gasteiger partial charge on any atom is -0.496 e. The number of aliphatic carboxylic acids is 2. The zero-order valence-corrected chi connectivity index (χ0v) is 15.3. The smallest absolute Gasteiger partial charge is 0.332 e. The lowest BCUT2D eigenvalue weighted by Gasteiger charge is -2.31. The average molecular weight is 370 g/mol. The summed E-state index contributed by atoms with van der Waals surface area (Å²) in [4.78, 5) is 24.1. The Morgan fingerprint density at radius 3 is 1.63 bits per heavy atom. The summed E-state index contributed by atoms with van der Waals surface area (Å²) in [5.41, 5.74) is -0.999. The number of benzene rings is 2. The van der Waals surface area contributed by atoms with Gasteiger partial charge in [0.05, 0.1) is 14.2 Å². The molecule has 0 saturated carbocycles. The molecular formula is C21H22O6. The third kappa shape index (κ3) is 4.11. The van der Waals surface area contributed by atoms with Crippen molar-refractivity contribution in [2.75, 3.05) is 14.2 Å². The number of hydrogen-bond acceptors (Lipinski definition) is 4. The lowest BCUT2D eigenvalue weighted by Crippen LogP contribution is -2.40. The largest absolute Gasteiger partial charge is 0.496 e. The van der Waals surface area contributed by atoms with Crippen molar-refractivity contribution >= 4 is 11.9 Å². The first-order valence-electron chi connectivity index (χ1n) is 8.25. The number of rotatable bonds is 9. The second-order valence-corrected chi connectivity index (χ2v) is 6.15. The van der Waals surface area contributed by atoms with Crippen LogP contribution in [0.25, 0.3) is 0 Å². The van der Waals surface area contributed by atoms with Crippen LogP contribution in [0.4, 0.5) is 0 Å². The maximum absolute atomic E-state index is 12.4. The van der Waals surface area contributed by atoms with Gasteiger partial charge in [0.2, 0.25) is 0 Å². The molecule has 0 heterocycles. The van der Waals surface area contributed by atoms with E-state index in [-0.39, 0.29) is 12.8 Å². The number of methoxy groups -OCH3 is 2. The van der Waals surface area contributed by atoms with Gasteiger partial charge in [-0.05, 0) is 36.1 Å². The predicted octanol–water partition coefficient (Wildman–Crippen LogP) is 3.20. The molecule has 0 radical (unpaired) electrons. The predicted molar refractivity (Wildman–Crippen MR) is 100 cm³/mol. The van der Waals surface area contributed by atoms with Gasteiger partial charge in [0, 0.05) is 5.57 Å². The van der Waals surface area contributed by atoms with E-state index in [4.69, 9.17) is 9.47 Å². The molecule has 2 aromatic carbocycles. The van der Waals surface area contributed by atoms with E-state index >= 15 is 0 Å². The monoisotopic (exact) mass is 370 g/mol. The fourth-order valence-electron chi connectivity index (χ4n) is 3.11. The number of carbonyl (C=O) groups is 2. The molecule has 0 atom stereocenters. The van der Waals surface area contributed by atoms with E-state index in [0.29, 0.717) is 22.6 Å². The van der Waals surface area contributed by atoms with E-state index in [0.717, 1.165) is 0 Å². The first kappa shape index (κ1) is 20.0. The van der Waals surface area contributed by atoms with E-state index in [9.17, 15) is 19.8 Å². The first-order valence-corrected chi connectivity index (χ1v) is 8.25. The molecule has 0 aromatic heterocycles. The molecule has 6 heteroatoms. The zero-order chi connectivity index (χ0) is 20.0. The Morgan fingerprint density at radius 1 is 0.889 bits per heavy atom. The van der Waals surface area contributed by atoms with Crippen LogP contribution >= 0.6 is 0 Å². The standard InChI is InChI=1S/C21H22O6/c1-14(19(22)23)21(20(24)25,12-15-8-4-6-10-17(15)26-2)13-16-9-5-7-11-18(16)27-3/h4-11H,1,12-13H2,2-3H3,(H,22,23)(H,24,25). The van der Waals surface area contributed by atoms with Crippen LogP contribution in [0, 0.1) is 5.41 Å². The maximum Gasteiger partial charge on any atom is 0.332 e. The summed E-state index contributed by atoms with van der Waals surface area (Å²) < 4.78 is 10.6. The molecule has 0 aliphatic heterocycles. The van der Waals surface area contributed by atoms with Gasteiger partial charge in [0.15, 0.2) is 0 Å². The van der Waals surface area contributed by atoms with E-state index in [2.05, 4.69) is 6.58 Å². The molecule has 0 aliphatic carbocycles. The number of carboxylic acid groups (broad SMARTS) is 2. The highest BCUT2D eigenvalue weighted by molar-refractivity contribution is 5.96. The van der Waals surface area contributed by atoms with Gasteiger partial charge in [-0.25, -0.2) is 4.79 Å². The van der Waals surface area contributed by atoms with Crippen molar-refractivity contribution in [3.05, 3.63) is 71.8 Å². The minimum atomic E-state index is -1.77. The summed E-state index contributed by atoms with van der Waals surface area (Å²) in [6.45, 7) is 3.59. The Bertz CT molecular complexity index is 806. The highest BCUT2D eigenvalue weighted by Gasteiger charge is 2.45. The molecule has 0 amide bonds. The topological polar surface area (TPSA) is 93.1 Å². The van der Waals surface area contributed by atoms with Gasteiger partial charge in [-0.2, -0.15) is 0 Å². The summed E-state index contributed by atoms with van der Waals surface area (Å²) in [5, 5.41) is 19.6. The molecule has 0 aliphatic rings. The summed E-state index contributed by atoms with van der Waals surface area (Å²) in [6.07, 6.45) is -0.176. The van der Waals surface area contributed by atoms with Crippen LogP contribution in [0.15, 0.2) is 60.7 Å². The minimum absolute atomic E-state index is 0.0878. The van der Waals surface area contributed by atoms with Crippen molar-refractivity contribution in [1.82, 2.24) is 0 Å². The molecule has 2 N–H and O–H groups in total.